The minimum absolute atomic E-state index is 0. The van der Waals surface area contributed by atoms with Gasteiger partial charge in [-0.2, -0.15) is 0 Å². The van der Waals surface area contributed by atoms with Crippen molar-refractivity contribution in [3.8, 4) is 11.1 Å². The van der Waals surface area contributed by atoms with E-state index >= 15 is 0 Å². The van der Waals surface area contributed by atoms with Gasteiger partial charge in [-0.25, -0.2) is 0 Å². The van der Waals surface area contributed by atoms with Gasteiger partial charge < -0.3 is 10.8 Å². The number of aliphatic carboxylic acids is 1. The van der Waals surface area contributed by atoms with Crippen molar-refractivity contribution in [2.24, 2.45) is 5.73 Å². The van der Waals surface area contributed by atoms with Gasteiger partial charge in [-0.3, -0.25) is 4.79 Å². The van der Waals surface area contributed by atoms with Crippen molar-refractivity contribution < 1.29 is 9.90 Å². The topological polar surface area (TPSA) is 63.3 Å². The zero-order valence-electron chi connectivity index (χ0n) is 16.4. The molecule has 4 heteroatoms. The second kappa shape index (κ2) is 9.57. The molecule has 0 aliphatic carbocycles. The summed E-state index contributed by atoms with van der Waals surface area (Å²) in [6, 6.07) is 31.6. The standard InChI is InChI=1S/C26H23NO2.ClH/c27-25(26(28)29)24(17-18-7-2-1-3-8-18)21-15-13-20(14-16-21)23-12-6-10-19-9-4-5-11-22(19)23;/h1-16,24-25H,17,27H2,(H,28,29);1H/t24?,25-;/m0./s1. The van der Waals surface area contributed by atoms with Gasteiger partial charge in [0.2, 0.25) is 0 Å². The summed E-state index contributed by atoms with van der Waals surface area (Å²) in [6.45, 7) is 0. The van der Waals surface area contributed by atoms with E-state index in [-0.39, 0.29) is 18.3 Å². The van der Waals surface area contributed by atoms with Crippen LogP contribution in [-0.4, -0.2) is 17.1 Å². The second-order valence-corrected chi connectivity index (χ2v) is 7.31. The predicted octanol–water partition coefficient (Wildman–Crippen LogP) is 5.67. The number of hydrogen-bond donors (Lipinski definition) is 2. The summed E-state index contributed by atoms with van der Waals surface area (Å²) >= 11 is 0. The molecular weight excluding hydrogens is 394 g/mol. The van der Waals surface area contributed by atoms with Crippen LogP contribution in [0.4, 0.5) is 0 Å². The molecule has 3 nitrogen and oxygen atoms in total. The number of rotatable bonds is 6. The van der Waals surface area contributed by atoms with Crippen molar-refractivity contribution >= 4 is 29.1 Å². The van der Waals surface area contributed by atoms with E-state index < -0.39 is 12.0 Å². The molecule has 0 amide bonds. The first kappa shape index (κ1) is 21.6. The molecule has 152 valence electrons. The molecule has 0 aromatic heterocycles. The molecule has 3 N–H and O–H groups in total. The first-order valence-electron chi connectivity index (χ1n) is 9.74. The highest BCUT2D eigenvalue weighted by Crippen LogP contribution is 2.31. The Labute approximate surface area is 182 Å². The summed E-state index contributed by atoms with van der Waals surface area (Å²) in [5, 5.41) is 11.9. The number of carboxylic acids is 1. The van der Waals surface area contributed by atoms with E-state index in [9.17, 15) is 9.90 Å². The minimum Gasteiger partial charge on any atom is -0.480 e. The lowest BCUT2D eigenvalue weighted by atomic mass is 9.85. The molecule has 30 heavy (non-hydrogen) atoms. The number of halogens is 1. The summed E-state index contributed by atoms with van der Waals surface area (Å²) in [4.78, 5) is 11.6. The fourth-order valence-corrected chi connectivity index (χ4v) is 3.88. The number of nitrogens with two attached hydrogens (primary N) is 1. The van der Waals surface area contributed by atoms with E-state index in [0.29, 0.717) is 6.42 Å². The van der Waals surface area contributed by atoms with Crippen molar-refractivity contribution in [3.63, 3.8) is 0 Å². The zero-order chi connectivity index (χ0) is 20.2. The molecule has 0 aliphatic rings. The molecule has 4 aromatic rings. The second-order valence-electron chi connectivity index (χ2n) is 7.31. The quantitative estimate of drug-likeness (QED) is 0.425. The molecule has 1 unspecified atom stereocenters. The third kappa shape index (κ3) is 4.54. The highest BCUT2D eigenvalue weighted by molar-refractivity contribution is 5.96. The van der Waals surface area contributed by atoms with Gasteiger partial charge in [-0.05, 0) is 39.4 Å². The molecule has 0 spiro atoms. The van der Waals surface area contributed by atoms with Gasteiger partial charge in [-0.15, -0.1) is 12.4 Å². The van der Waals surface area contributed by atoms with E-state index in [2.05, 4.69) is 42.5 Å². The highest BCUT2D eigenvalue weighted by atomic mass is 35.5. The van der Waals surface area contributed by atoms with Crippen molar-refractivity contribution in [2.75, 3.05) is 0 Å². The molecule has 0 radical (unpaired) electrons. The van der Waals surface area contributed by atoms with Gasteiger partial charge in [0, 0.05) is 5.92 Å². The molecule has 0 heterocycles. The highest BCUT2D eigenvalue weighted by Gasteiger charge is 2.26. The molecule has 0 saturated heterocycles. The number of fused-ring (bicyclic) bond motifs is 1. The van der Waals surface area contributed by atoms with Crippen LogP contribution in [0.15, 0.2) is 97.1 Å². The molecule has 4 rings (SSSR count). The van der Waals surface area contributed by atoms with Crippen LogP contribution in [0.2, 0.25) is 0 Å². The van der Waals surface area contributed by atoms with Gasteiger partial charge in [-0.1, -0.05) is 97.1 Å². The molecule has 2 atom stereocenters. The average Bonchev–Trinajstić information content (AvgIpc) is 2.77. The molecule has 0 aliphatic heterocycles. The van der Waals surface area contributed by atoms with Crippen molar-refractivity contribution in [1.29, 1.82) is 0 Å². The monoisotopic (exact) mass is 417 g/mol. The van der Waals surface area contributed by atoms with Gasteiger partial charge in [0.05, 0.1) is 0 Å². The van der Waals surface area contributed by atoms with Crippen LogP contribution in [0.3, 0.4) is 0 Å². The van der Waals surface area contributed by atoms with E-state index in [4.69, 9.17) is 5.73 Å². The lowest BCUT2D eigenvalue weighted by molar-refractivity contribution is -0.139. The van der Waals surface area contributed by atoms with Gasteiger partial charge in [0.25, 0.3) is 0 Å². The minimum atomic E-state index is -0.982. The maximum atomic E-state index is 11.6. The Balaban J connectivity index is 0.00000256. The average molecular weight is 418 g/mol. The largest absolute Gasteiger partial charge is 0.480 e. The van der Waals surface area contributed by atoms with E-state index in [0.717, 1.165) is 22.3 Å². The maximum absolute atomic E-state index is 11.6. The normalized spacial score (nSPS) is 12.7. The van der Waals surface area contributed by atoms with Crippen LogP contribution in [0, 0.1) is 0 Å². The Kier molecular flexibility index (Phi) is 6.88. The number of carboxylic acid groups (broad SMARTS) is 1. The van der Waals surface area contributed by atoms with E-state index in [1.54, 1.807) is 0 Å². The molecule has 0 saturated carbocycles. The predicted molar refractivity (Wildman–Crippen MR) is 125 cm³/mol. The fourth-order valence-electron chi connectivity index (χ4n) is 3.88. The van der Waals surface area contributed by atoms with Crippen LogP contribution in [-0.2, 0) is 11.2 Å². The van der Waals surface area contributed by atoms with Crippen molar-refractivity contribution in [3.05, 3.63) is 108 Å². The smallest absolute Gasteiger partial charge is 0.321 e. The van der Waals surface area contributed by atoms with Crippen molar-refractivity contribution in [2.45, 2.75) is 18.4 Å². The number of hydrogen-bond acceptors (Lipinski definition) is 2. The van der Waals surface area contributed by atoms with Crippen molar-refractivity contribution in [1.82, 2.24) is 0 Å². The fraction of sp³-hybridized carbons (Fsp3) is 0.115. The van der Waals surface area contributed by atoms with E-state index in [1.807, 2.05) is 54.6 Å². The Morgan fingerprint density at radius 1 is 0.800 bits per heavy atom. The summed E-state index contributed by atoms with van der Waals surface area (Å²) in [7, 11) is 0. The number of benzene rings is 4. The van der Waals surface area contributed by atoms with E-state index in [1.165, 1.54) is 10.8 Å². The van der Waals surface area contributed by atoms with Gasteiger partial charge >= 0.3 is 5.97 Å². The Hall–Kier alpha value is -3.14. The molecule has 4 aromatic carbocycles. The molecule has 0 bridgehead atoms. The Bertz CT molecular complexity index is 1120. The summed E-state index contributed by atoms with van der Waals surface area (Å²) in [6.07, 6.45) is 0.585. The van der Waals surface area contributed by atoms with Crippen LogP contribution in [0.5, 0.6) is 0 Å². The summed E-state index contributed by atoms with van der Waals surface area (Å²) < 4.78 is 0. The summed E-state index contributed by atoms with van der Waals surface area (Å²) in [5.41, 5.74) is 10.3. The SMILES string of the molecule is Cl.N[C@H](C(=O)O)C(Cc1ccccc1)c1ccc(-c2cccc3ccccc23)cc1. The number of carbonyl (C=O) groups is 1. The molecule has 0 fully saturated rings. The van der Waals surface area contributed by atoms with Gasteiger partial charge in [0.1, 0.15) is 6.04 Å². The maximum Gasteiger partial charge on any atom is 0.321 e. The lowest BCUT2D eigenvalue weighted by Gasteiger charge is -2.22. The zero-order valence-corrected chi connectivity index (χ0v) is 17.3. The third-order valence-electron chi connectivity index (χ3n) is 5.46. The Morgan fingerprint density at radius 2 is 1.43 bits per heavy atom. The lowest BCUT2D eigenvalue weighted by Crippen LogP contribution is -2.37. The first-order chi connectivity index (χ1) is 14.1. The Morgan fingerprint density at radius 3 is 2.13 bits per heavy atom. The summed E-state index contributed by atoms with van der Waals surface area (Å²) in [5.74, 6) is -1.28. The molecular formula is C26H24ClNO2. The van der Waals surface area contributed by atoms with Crippen LogP contribution < -0.4 is 5.73 Å². The third-order valence-corrected chi connectivity index (χ3v) is 5.46. The van der Waals surface area contributed by atoms with Crippen LogP contribution in [0.1, 0.15) is 17.0 Å². The van der Waals surface area contributed by atoms with Gasteiger partial charge in [0.15, 0.2) is 0 Å². The van der Waals surface area contributed by atoms with Crippen LogP contribution >= 0.6 is 12.4 Å². The van der Waals surface area contributed by atoms with Crippen LogP contribution in [0.25, 0.3) is 21.9 Å². The first-order valence-corrected chi connectivity index (χ1v) is 9.74.